The summed E-state index contributed by atoms with van der Waals surface area (Å²) in [6.45, 7) is 4.87. The fourth-order valence-electron chi connectivity index (χ4n) is 1.92. The molecule has 5 nitrogen and oxygen atoms in total. The second-order valence-electron chi connectivity index (χ2n) is 4.20. The molecule has 5 heteroatoms. The van der Waals surface area contributed by atoms with Crippen LogP contribution in [0.3, 0.4) is 0 Å². The predicted octanol–water partition coefficient (Wildman–Crippen LogP) is 0.778. The number of hydrogen-bond acceptors (Lipinski definition) is 2. The molecule has 3 amide bonds. The Morgan fingerprint density at radius 3 is 2.41 bits per heavy atom. The van der Waals surface area contributed by atoms with Gasteiger partial charge in [0.15, 0.2) is 0 Å². The van der Waals surface area contributed by atoms with Crippen LogP contribution < -0.4 is 16.0 Å². The van der Waals surface area contributed by atoms with Crippen molar-refractivity contribution in [3.63, 3.8) is 0 Å². The minimum atomic E-state index is -0.236. The van der Waals surface area contributed by atoms with Gasteiger partial charge in [-0.2, -0.15) is 0 Å². The van der Waals surface area contributed by atoms with Crippen molar-refractivity contribution in [1.82, 2.24) is 16.0 Å². The molecule has 0 atom stereocenters. The first-order valence-corrected chi connectivity index (χ1v) is 6.14. The van der Waals surface area contributed by atoms with Gasteiger partial charge in [-0.15, -0.1) is 6.58 Å². The van der Waals surface area contributed by atoms with Gasteiger partial charge in [-0.25, -0.2) is 4.79 Å². The Morgan fingerprint density at radius 1 is 1.12 bits per heavy atom. The second kappa shape index (κ2) is 7.70. The van der Waals surface area contributed by atoms with Crippen molar-refractivity contribution >= 4 is 11.9 Å². The Kier molecular flexibility index (Phi) is 6.14. The molecule has 96 valence electrons. The fourth-order valence-corrected chi connectivity index (χ4v) is 1.92. The van der Waals surface area contributed by atoms with Crippen LogP contribution in [0.4, 0.5) is 4.79 Å². The first-order chi connectivity index (χ1) is 8.24. The van der Waals surface area contributed by atoms with Crippen LogP contribution in [0, 0.1) is 5.92 Å². The lowest BCUT2D eigenvalue weighted by molar-refractivity contribution is -0.124. The highest BCUT2D eigenvalue weighted by atomic mass is 16.2. The first-order valence-electron chi connectivity index (χ1n) is 6.14. The van der Waals surface area contributed by atoms with Crippen molar-refractivity contribution in [2.24, 2.45) is 5.92 Å². The van der Waals surface area contributed by atoms with Gasteiger partial charge in [0.1, 0.15) is 0 Å². The normalized spacial score (nSPS) is 15.3. The standard InChI is InChI=1S/C12H21N3O2/c1-2-7-14-12(17)15-9-8-13-11(16)10-5-3-4-6-10/h2,10H,1,3-9H2,(H,13,16)(H2,14,15,17). The number of carbonyl (C=O) groups excluding carboxylic acids is 2. The molecular formula is C12H21N3O2. The first kappa shape index (κ1) is 13.5. The summed E-state index contributed by atoms with van der Waals surface area (Å²) < 4.78 is 0. The van der Waals surface area contributed by atoms with E-state index in [0.29, 0.717) is 19.6 Å². The molecule has 3 N–H and O–H groups in total. The van der Waals surface area contributed by atoms with Crippen molar-refractivity contribution in [2.75, 3.05) is 19.6 Å². The molecule has 0 aliphatic heterocycles. The topological polar surface area (TPSA) is 70.2 Å². The second-order valence-corrected chi connectivity index (χ2v) is 4.20. The average molecular weight is 239 g/mol. The predicted molar refractivity (Wildman–Crippen MR) is 66.6 cm³/mol. The van der Waals surface area contributed by atoms with Crippen molar-refractivity contribution in [3.05, 3.63) is 12.7 Å². The number of nitrogens with one attached hydrogen (secondary N) is 3. The van der Waals surface area contributed by atoms with Gasteiger partial charge < -0.3 is 16.0 Å². The third kappa shape index (κ3) is 5.38. The van der Waals surface area contributed by atoms with E-state index in [0.717, 1.165) is 25.7 Å². The molecule has 0 aromatic heterocycles. The lowest BCUT2D eigenvalue weighted by atomic mass is 10.1. The molecule has 0 aromatic rings. The lowest BCUT2D eigenvalue weighted by Gasteiger charge is -2.10. The van der Waals surface area contributed by atoms with Crippen molar-refractivity contribution in [2.45, 2.75) is 25.7 Å². The van der Waals surface area contributed by atoms with Crippen molar-refractivity contribution in [3.8, 4) is 0 Å². The molecule has 0 radical (unpaired) electrons. The van der Waals surface area contributed by atoms with E-state index >= 15 is 0 Å². The van der Waals surface area contributed by atoms with E-state index in [1.807, 2.05) is 0 Å². The van der Waals surface area contributed by atoms with Crippen LogP contribution in [0.5, 0.6) is 0 Å². The Bertz CT molecular complexity index is 273. The van der Waals surface area contributed by atoms with Gasteiger partial charge >= 0.3 is 6.03 Å². The van der Waals surface area contributed by atoms with Crippen LogP contribution in [-0.2, 0) is 4.79 Å². The summed E-state index contributed by atoms with van der Waals surface area (Å²) in [7, 11) is 0. The van der Waals surface area contributed by atoms with Gasteiger partial charge in [-0.1, -0.05) is 18.9 Å². The Balaban J connectivity index is 2.01. The maximum atomic E-state index is 11.6. The van der Waals surface area contributed by atoms with E-state index in [9.17, 15) is 9.59 Å². The van der Waals surface area contributed by atoms with Gasteiger partial charge in [0.2, 0.25) is 5.91 Å². The van der Waals surface area contributed by atoms with Crippen LogP contribution in [0.15, 0.2) is 12.7 Å². The third-order valence-corrected chi connectivity index (χ3v) is 2.84. The van der Waals surface area contributed by atoms with Crippen LogP contribution in [0.2, 0.25) is 0 Å². The summed E-state index contributed by atoms with van der Waals surface area (Å²) in [6.07, 6.45) is 5.92. The maximum Gasteiger partial charge on any atom is 0.315 e. The molecule has 1 rings (SSSR count). The summed E-state index contributed by atoms with van der Waals surface area (Å²) >= 11 is 0. The van der Waals surface area contributed by atoms with E-state index in [1.165, 1.54) is 0 Å². The van der Waals surface area contributed by atoms with Gasteiger partial charge in [0.25, 0.3) is 0 Å². The van der Waals surface area contributed by atoms with Crippen LogP contribution >= 0.6 is 0 Å². The molecule has 1 fully saturated rings. The summed E-state index contributed by atoms with van der Waals surface area (Å²) in [5.74, 6) is 0.306. The summed E-state index contributed by atoms with van der Waals surface area (Å²) in [5, 5.41) is 8.08. The van der Waals surface area contributed by atoms with E-state index < -0.39 is 0 Å². The zero-order chi connectivity index (χ0) is 12.5. The molecule has 17 heavy (non-hydrogen) atoms. The maximum absolute atomic E-state index is 11.6. The van der Waals surface area contributed by atoms with Crippen LogP contribution in [0.1, 0.15) is 25.7 Å². The minimum Gasteiger partial charge on any atom is -0.354 e. The number of rotatable bonds is 6. The van der Waals surface area contributed by atoms with E-state index in [1.54, 1.807) is 6.08 Å². The molecule has 1 aliphatic rings. The Morgan fingerprint density at radius 2 is 1.76 bits per heavy atom. The molecule has 0 spiro atoms. The van der Waals surface area contributed by atoms with Gasteiger partial charge in [0.05, 0.1) is 0 Å². The summed E-state index contributed by atoms with van der Waals surface area (Å²) in [4.78, 5) is 22.7. The SMILES string of the molecule is C=CCNC(=O)NCCNC(=O)C1CCCC1. The van der Waals surface area contributed by atoms with E-state index in [-0.39, 0.29) is 17.9 Å². The molecule has 0 unspecified atom stereocenters. The number of hydrogen-bond donors (Lipinski definition) is 3. The number of urea groups is 1. The molecule has 0 aromatic carbocycles. The molecule has 1 saturated carbocycles. The van der Waals surface area contributed by atoms with Crippen LogP contribution in [0.25, 0.3) is 0 Å². The average Bonchev–Trinajstić information content (AvgIpc) is 2.85. The summed E-state index contributed by atoms with van der Waals surface area (Å²) in [5.41, 5.74) is 0. The van der Waals surface area contributed by atoms with Gasteiger partial charge in [-0.3, -0.25) is 4.79 Å². The minimum absolute atomic E-state index is 0.121. The molecule has 0 heterocycles. The quantitative estimate of drug-likeness (QED) is 0.473. The Labute approximate surface area is 102 Å². The van der Waals surface area contributed by atoms with Crippen molar-refractivity contribution in [1.29, 1.82) is 0 Å². The monoisotopic (exact) mass is 239 g/mol. The van der Waals surface area contributed by atoms with Crippen LogP contribution in [-0.4, -0.2) is 31.6 Å². The molecular weight excluding hydrogens is 218 g/mol. The largest absolute Gasteiger partial charge is 0.354 e. The highest BCUT2D eigenvalue weighted by Gasteiger charge is 2.21. The third-order valence-electron chi connectivity index (χ3n) is 2.84. The molecule has 0 bridgehead atoms. The fraction of sp³-hybridized carbons (Fsp3) is 0.667. The number of carbonyl (C=O) groups is 2. The lowest BCUT2D eigenvalue weighted by Crippen LogP contribution is -2.41. The van der Waals surface area contributed by atoms with E-state index in [2.05, 4.69) is 22.5 Å². The summed E-state index contributed by atoms with van der Waals surface area (Å²) in [6, 6.07) is -0.236. The Hall–Kier alpha value is -1.52. The zero-order valence-corrected chi connectivity index (χ0v) is 10.1. The van der Waals surface area contributed by atoms with Gasteiger partial charge in [-0.05, 0) is 12.8 Å². The molecule has 1 aliphatic carbocycles. The highest BCUT2D eigenvalue weighted by Crippen LogP contribution is 2.24. The van der Waals surface area contributed by atoms with E-state index in [4.69, 9.17) is 0 Å². The highest BCUT2D eigenvalue weighted by molar-refractivity contribution is 5.79. The smallest absolute Gasteiger partial charge is 0.315 e. The van der Waals surface area contributed by atoms with Gasteiger partial charge in [0, 0.05) is 25.6 Å². The zero-order valence-electron chi connectivity index (χ0n) is 10.1. The van der Waals surface area contributed by atoms with Crippen molar-refractivity contribution < 1.29 is 9.59 Å². The molecule has 0 saturated heterocycles. The number of amides is 3.